The molecule has 1 heterocycles. The maximum absolute atomic E-state index is 13.7. The van der Waals surface area contributed by atoms with E-state index in [2.05, 4.69) is 0 Å². The van der Waals surface area contributed by atoms with Gasteiger partial charge >= 0.3 is 24.7 Å². The highest BCUT2D eigenvalue weighted by Crippen LogP contribution is 2.62. The van der Waals surface area contributed by atoms with Gasteiger partial charge in [0.2, 0.25) is 0 Å². The van der Waals surface area contributed by atoms with Crippen LogP contribution in [0.1, 0.15) is 43.1 Å². The summed E-state index contributed by atoms with van der Waals surface area (Å²) in [4.78, 5) is 0.417. The van der Waals surface area contributed by atoms with E-state index in [1.165, 1.54) is 36.4 Å². The Labute approximate surface area is 316 Å². The molecule has 7 rings (SSSR count). The number of thiophene rings is 1. The van der Waals surface area contributed by atoms with E-state index >= 15 is 0 Å². The summed E-state index contributed by atoms with van der Waals surface area (Å²) in [5, 5.41) is 39.9. The van der Waals surface area contributed by atoms with Crippen LogP contribution in [-0.2, 0) is 24.7 Å². The van der Waals surface area contributed by atoms with E-state index in [9.17, 15) is 73.7 Å². The Morgan fingerprint density at radius 3 is 0.947 bits per heavy atom. The monoisotopic (exact) mass is 808 g/mol. The van der Waals surface area contributed by atoms with Crippen molar-refractivity contribution in [1.82, 2.24) is 0 Å². The Bertz CT molecular complexity index is 2550. The zero-order valence-electron chi connectivity index (χ0n) is 27.7. The van der Waals surface area contributed by atoms with Crippen LogP contribution in [0.15, 0.2) is 83.9 Å². The lowest BCUT2D eigenvalue weighted by Gasteiger charge is -2.15. The number of hydrogen-bond donors (Lipinski definition) is 0. The summed E-state index contributed by atoms with van der Waals surface area (Å²) in [7, 11) is 0. The second-order valence-electron chi connectivity index (χ2n) is 12.6. The maximum atomic E-state index is 13.7. The summed E-state index contributed by atoms with van der Waals surface area (Å²) in [5.74, 6) is 0. The Morgan fingerprint density at radius 2 is 0.684 bits per heavy atom. The Hall–Kier alpha value is -6.82. The molecule has 0 saturated carbocycles. The van der Waals surface area contributed by atoms with Gasteiger partial charge < -0.3 is 0 Å². The average molecular weight is 809 g/mol. The van der Waals surface area contributed by atoms with Crippen molar-refractivity contribution in [2.45, 2.75) is 24.7 Å². The van der Waals surface area contributed by atoms with E-state index in [0.29, 0.717) is 24.3 Å². The predicted molar refractivity (Wildman–Crippen MR) is 181 cm³/mol. The van der Waals surface area contributed by atoms with Crippen molar-refractivity contribution >= 4 is 22.5 Å². The van der Waals surface area contributed by atoms with Gasteiger partial charge in [0.05, 0.1) is 22.3 Å². The molecule has 1 aromatic heterocycles. The first-order valence-corrected chi connectivity index (χ1v) is 16.6. The molecule has 0 aliphatic heterocycles. The lowest BCUT2D eigenvalue weighted by Crippen LogP contribution is -2.11. The van der Waals surface area contributed by atoms with Crippen molar-refractivity contribution in [3.05, 3.63) is 127 Å². The fraction of sp³-hybridized carbons (Fsp3) is 0.100. The molecule has 4 aromatic carbocycles. The molecule has 0 N–H and O–H groups in total. The van der Waals surface area contributed by atoms with E-state index < -0.39 is 69.2 Å². The summed E-state index contributed by atoms with van der Waals surface area (Å²) in [6.07, 6.45) is -20.7. The Morgan fingerprint density at radius 1 is 0.386 bits per heavy atom. The fourth-order valence-electron chi connectivity index (χ4n) is 6.85. The molecule has 0 atom stereocenters. The van der Waals surface area contributed by atoms with Crippen LogP contribution in [0.2, 0.25) is 0 Å². The number of nitriles is 4. The van der Waals surface area contributed by atoms with Gasteiger partial charge in [-0.25, -0.2) is 0 Å². The van der Waals surface area contributed by atoms with Crippen LogP contribution in [0.3, 0.4) is 0 Å². The van der Waals surface area contributed by atoms with Crippen molar-refractivity contribution in [1.29, 1.82) is 21.0 Å². The molecule has 17 heteroatoms. The molecule has 0 fully saturated rings. The number of fused-ring (bicyclic) bond motifs is 7. The van der Waals surface area contributed by atoms with Crippen molar-refractivity contribution in [2.75, 3.05) is 0 Å². The summed E-state index contributed by atoms with van der Waals surface area (Å²) in [6, 6.07) is 16.5. The normalized spacial score (nSPS) is 13.1. The fourth-order valence-corrected chi connectivity index (χ4v) is 8.31. The molecule has 57 heavy (non-hydrogen) atoms. The summed E-state index contributed by atoms with van der Waals surface area (Å²) in [5.41, 5.74) is -7.53. The Kier molecular flexibility index (Phi) is 8.68. The Balaban J connectivity index is 1.49. The van der Waals surface area contributed by atoms with E-state index in [0.717, 1.165) is 11.3 Å². The zero-order chi connectivity index (χ0) is 41.6. The minimum Gasteiger partial charge on any atom is -0.192 e. The van der Waals surface area contributed by atoms with Gasteiger partial charge in [0.1, 0.15) is 35.4 Å². The minimum absolute atomic E-state index is 0.0422. The first kappa shape index (κ1) is 38.5. The molecule has 0 radical (unpaired) electrons. The van der Waals surface area contributed by atoms with Gasteiger partial charge in [-0.05, 0) is 93.0 Å². The molecule has 0 saturated heterocycles. The van der Waals surface area contributed by atoms with E-state index in [1.54, 1.807) is 24.3 Å². The quantitative estimate of drug-likeness (QED) is 0.128. The predicted octanol–water partition coefficient (Wildman–Crippen LogP) is 12.8. The molecule has 5 aromatic rings. The zero-order valence-corrected chi connectivity index (χ0v) is 28.5. The first-order valence-electron chi connectivity index (χ1n) is 15.8. The van der Waals surface area contributed by atoms with Gasteiger partial charge in [-0.3, -0.25) is 0 Å². The molecule has 2 aliphatic carbocycles. The van der Waals surface area contributed by atoms with Crippen LogP contribution in [0.25, 0.3) is 55.7 Å². The highest BCUT2D eigenvalue weighted by molar-refractivity contribution is 7.16. The third kappa shape index (κ3) is 6.36. The third-order valence-electron chi connectivity index (χ3n) is 9.27. The van der Waals surface area contributed by atoms with Crippen molar-refractivity contribution in [3.63, 3.8) is 0 Å². The van der Waals surface area contributed by atoms with Crippen LogP contribution < -0.4 is 0 Å². The van der Waals surface area contributed by atoms with Crippen LogP contribution in [0, 0.1) is 45.3 Å². The third-order valence-corrected chi connectivity index (χ3v) is 10.5. The standard InChI is InChI=1S/C40H12F12N4S/c41-37(42,43)23-5-19(6-24(11-23)38(44,45)46)17-1-3-27-29(9-17)31(21(13-53)14-54)35-33(27)34-28-4-2-18(10-30(28)32(36(34)57-35)22(15-55)16-56)20-7-25(39(47,48)49)12-26(8-20)40(50,51)52/h1-12H. The summed E-state index contributed by atoms with van der Waals surface area (Å²) < 4.78 is 165. The number of nitrogens with zero attached hydrogens (tertiary/aromatic N) is 4. The topological polar surface area (TPSA) is 95.2 Å². The van der Waals surface area contributed by atoms with Crippen molar-refractivity contribution in [2.24, 2.45) is 0 Å². The van der Waals surface area contributed by atoms with Gasteiger partial charge in [0, 0.05) is 32.0 Å². The van der Waals surface area contributed by atoms with Gasteiger partial charge in [0.25, 0.3) is 0 Å². The van der Waals surface area contributed by atoms with E-state index in [1.807, 2.05) is 0 Å². The average Bonchev–Trinajstić information content (AvgIpc) is 3.77. The molecule has 0 bridgehead atoms. The minimum atomic E-state index is -5.16. The maximum Gasteiger partial charge on any atom is 0.416 e. The first-order chi connectivity index (χ1) is 26.6. The van der Waals surface area contributed by atoms with Crippen LogP contribution in [0.5, 0.6) is 0 Å². The van der Waals surface area contributed by atoms with E-state index in [-0.39, 0.29) is 77.5 Å². The lowest BCUT2D eigenvalue weighted by atomic mass is 9.92. The number of rotatable bonds is 2. The number of allylic oxidation sites excluding steroid dienone is 2. The van der Waals surface area contributed by atoms with Gasteiger partial charge in [-0.15, -0.1) is 11.3 Å². The molecule has 0 amide bonds. The van der Waals surface area contributed by atoms with Gasteiger partial charge in [-0.1, -0.05) is 24.3 Å². The molecular weight excluding hydrogens is 797 g/mol. The molecule has 2 aliphatic rings. The van der Waals surface area contributed by atoms with E-state index in [4.69, 9.17) is 0 Å². The highest BCUT2D eigenvalue weighted by Gasteiger charge is 2.42. The second-order valence-corrected chi connectivity index (χ2v) is 13.6. The van der Waals surface area contributed by atoms with Crippen molar-refractivity contribution < 1.29 is 52.7 Å². The van der Waals surface area contributed by atoms with Gasteiger partial charge in [0.15, 0.2) is 0 Å². The van der Waals surface area contributed by atoms with Crippen LogP contribution in [-0.4, -0.2) is 0 Å². The molecule has 0 unspecified atom stereocenters. The molecule has 4 nitrogen and oxygen atoms in total. The largest absolute Gasteiger partial charge is 0.416 e. The second kappa shape index (κ2) is 12.9. The number of alkyl halides is 12. The summed E-state index contributed by atoms with van der Waals surface area (Å²) >= 11 is 0.870. The molecule has 0 spiro atoms. The number of benzene rings is 4. The number of halogens is 12. The number of hydrogen-bond acceptors (Lipinski definition) is 5. The van der Waals surface area contributed by atoms with Gasteiger partial charge in [-0.2, -0.15) is 73.7 Å². The van der Waals surface area contributed by atoms with Crippen molar-refractivity contribution in [3.8, 4) is 68.8 Å². The van der Waals surface area contributed by atoms with Crippen LogP contribution >= 0.6 is 11.3 Å². The molecular formula is C40H12F12N4S. The molecule has 282 valence electrons. The van der Waals surface area contributed by atoms with Crippen LogP contribution in [0.4, 0.5) is 52.7 Å². The summed E-state index contributed by atoms with van der Waals surface area (Å²) in [6.45, 7) is 0. The SMILES string of the molecule is N#CC(C#N)=C1c2cc(-c3cc(C(F)(F)F)cc(C(F)(F)F)c3)ccc2-c2c1sc1c2-c2ccc(-c3cc(C(F)(F)F)cc(C(F)(F)F)c3)cc2C1=C(C#N)C#N. The smallest absolute Gasteiger partial charge is 0.192 e. The highest BCUT2D eigenvalue weighted by atomic mass is 32.1. The lowest BCUT2D eigenvalue weighted by molar-refractivity contribution is -0.144.